The van der Waals surface area contributed by atoms with E-state index in [1.165, 1.54) is 12.3 Å². The van der Waals surface area contributed by atoms with Crippen molar-refractivity contribution in [2.24, 2.45) is 16.5 Å². The standard InChI is InChI=1S/C20H31ClN8O3/c21-14-4-5-16(26-13-14)28-19(32)18(31)27-15-6-10-29(11-7-15)12-9-24-17(30)3-1-2-8-25-20(22)23/h4-5,13,15H,1-3,6-12H2,(H,24,30)(H,27,31)(H4,22,23,25)(H,26,28,32). The number of halogens is 1. The van der Waals surface area contributed by atoms with Gasteiger partial charge in [0.15, 0.2) is 5.96 Å². The van der Waals surface area contributed by atoms with Gasteiger partial charge in [0.2, 0.25) is 5.91 Å². The van der Waals surface area contributed by atoms with Gasteiger partial charge < -0.3 is 32.3 Å². The van der Waals surface area contributed by atoms with Gasteiger partial charge in [0.25, 0.3) is 0 Å². The van der Waals surface area contributed by atoms with Gasteiger partial charge >= 0.3 is 11.8 Å². The van der Waals surface area contributed by atoms with Crippen LogP contribution in [0.4, 0.5) is 5.82 Å². The first-order valence-electron chi connectivity index (χ1n) is 10.6. The number of hydrogen-bond acceptors (Lipinski definition) is 6. The Bertz CT molecular complexity index is 791. The number of guanidine groups is 1. The van der Waals surface area contributed by atoms with Crippen LogP contribution in [0.3, 0.4) is 0 Å². The number of nitrogens with one attached hydrogen (secondary N) is 3. The van der Waals surface area contributed by atoms with Crippen molar-refractivity contribution in [1.29, 1.82) is 0 Å². The molecule has 7 N–H and O–H groups in total. The summed E-state index contributed by atoms with van der Waals surface area (Å²) < 4.78 is 0. The molecule has 0 spiro atoms. The summed E-state index contributed by atoms with van der Waals surface area (Å²) in [5, 5.41) is 8.56. The Kier molecular flexibility index (Phi) is 10.7. The van der Waals surface area contributed by atoms with Crippen molar-refractivity contribution < 1.29 is 14.4 Å². The van der Waals surface area contributed by atoms with Gasteiger partial charge in [0.1, 0.15) is 5.82 Å². The second-order valence-corrected chi connectivity index (χ2v) is 7.96. The number of carbonyl (C=O) groups is 3. The van der Waals surface area contributed by atoms with E-state index in [4.69, 9.17) is 23.1 Å². The molecule has 0 radical (unpaired) electrons. The topological polar surface area (TPSA) is 168 Å². The van der Waals surface area contributed by atoms with E-state index in [1.54, 1.807) is 6.07 Å². The molecule has 0 atom stereocenters. The summed E-state index contributed by atoms with van der Waals surface area (Å²) in [6.45, 7) is 3.39. The average molecular weight is 467 g/mol. The molecule has 0 unspecified atom stereocenters. The number of piperidine rings is 1. The summed E-state index contributed by atoms with van der Waals surface area (Å²) in [7, 11) is 0. The molecule has 1 aliphatic heterocycles. The molecule has 1 fully saturated rings. The van der Waals surface area contributed by atoms with Crippen LogP contribution in [-0.4, -0.2) is 72.3 Å². The van der Waals surface area contributed by atoms with E-state index in [0.717, 1.165) is 45.3 Å². The molecule has 176 valence electrons. The minimum Gasteiger partial charge on any atom is -0.370 e. The molecular formula is C20H31ClN8O3. The smallest absolute Gasteiger partial charge is 0.314 e. The number of anilines is 1. The molecule has 0 aliphatic carbocycles. The Morgan fingerprint density at radius 2 is 1.91 bits per heavy atom. The molecule has 2 heterocycles. The van der Waals surface area contributed by atoms with Crippen LogP contribution in [0.1, 0.15) is 32.1 Å². The molecule has 0 bridgehead atoms. The first-order valence-corrected chi connectivity index (χ1v) is 11.0. The Morgan fingerprint density at radius 1 is 1.16 bits per heavy atom. The van der Waals surface area contributed by atoms with Gasteiger partial charge in [-0.05, 0) is 37.8 Å². The summed E-state index contributed by atoms with van der Waals surface area (Å²) in [5.41, 5.74) is 10.5. The number of aromatic nitrogens is 1. The molecule has 3 amide bonds. The number of rotatable bonds is 10. The lowest BCUT2D eigenvalue weighted by Crippen LogP contribution is -2.48. The van der Waals surface area contributed by atoms with Gasteiger partial charge in [-0.1, -0.05) is 11.6 Å². The highest BCUT2D eigenvalue weighted by Gasteiger charge is 2.23. The van der Waals surface area contributed by atoms with E-state index in [1.807, 2.05) is 0 Å². The fourth-order valence-electron chi connectivity index (χ4n) is 3.22. The van der Waals surface area contributed by atoms with Gasteiger partial charge in [0, 0.05) is 51.4 Å². The van der Waals surface area contributed by atoms with Crippen molar-refractivity contribution in [3.8, 4) is 0 Å². The van der Waals surface area contributed by atoms with Crippen LogP contribution in [0.2, 0.25) is 5.02 Å². The highest BCUT2D eigenvalue weighted by atomic mass is 35.5. The highest BCUT2D eigenvalue weighted by Crippen LogP contribution is 2.11. The van der Waals surface area contributed by atoms with Gasteiger partial charge in [-0.2, -0.15) is 0 Å². The predicted octanol–water partition coefficient (Wildman–Crippen LogP) is -0.186. The number of unbranched alkanes of at least 4 members (excludes halogenated alkanes) is 1. The molecule has 1 saturated heterocycles. The van der Waals surface area contributed by atoms with Crippen LogP contribution in [0, 0.1) is 0 Å². The summed E-state index contributed by atoms with van der Waals surface area (Å²) in [4.78, 5) is 46.0. The van der Waals surface area contributed by atoms with Gasteiger partial charge in [0.05, 0.1) is 5.02 Å². The van der Waals surface area contributed by atoms with E-state index < -0.39 is 11.8 Å². The second kappa shape index (κ2) is 13.5. The zero-order valence-electron chi connectivity index (χ0n) is 18.0. The summed E-state index contributed by atoms with van der Waals surface area (Å²) in [6, 6.07) is 3.04. The predicted molar refractivity (Wildman–Crippen MR) is 123 cm³/mol. The molecule has 2 rings (SSSR count). The number of likely N-dealkylation sites (tertiary alicyclic amines) is 1. The Balaban J connectivity index is 1.56. The first-order chi connectivity index (χ1) is 15.3. The SMILES string of the molecule is NC(N)=NCCCCC(=O)NCCN1CCC(NC(=O)C(=O)Nc2ccc(Cl)cn2)CC1. The van der Waals surface area contributed by atoms with Crippen molar-refractivity contribution in [3.63, 3.8) is 0 Å². The largest absolute Gasteiger partial charge is 0.370 e. The van der Waals surface area contributed by atoms with Crippen molar-refractivity contribution in [1.82, 2.24) is 20.5 Å². The third-order valence-electron chi connectivity index (χ3n) is 4.95. The number of pyridine rings is 1. The fourth-order valence-corrected chi connectivity index (χ4v) is 3.33. The van der Waals surface area contributed by atoms with Crippen LogP contribution in [-0.2, 0) is 14.4 Å². The number of amides is 3. The number of carbonyl (C=O) groups excluding carboxylic acids is 3. The Hall–Kier alpha value is -2.92. The van der Waals surface area contributed by atoms with Crippen LogP contribution >= 0.6 is 11.6 Å². The van der Waals surface area contributed by atoms with Crippen LogP contribution < -0.4 is 27.4 Å². The molecule has 0 aromatic carbocycles. The van der Waals surface area contributed by atoms with Crippen molar-refractivity contribution in [2.45, 2.75) is 38.1 Å². The third-order valence-corrected chi connectivity index (χ3v) is 5.18. The number of nitrogens with two attached hydrogens (primary N) is 2. The second-order valence-electron chi connectivity index (χ2n) is 7.52. The van der Waals surface area contributed by atoms with Crippen LogP contribution in [0.15, 0.2) is 23.3 Å². The normalized spacial score (nSPS) is 14.4. The lowest BCUT2D eigenvalue weighted by atomic mass is 10.0. The van der Waals surface area contributed by atoms with Crippen molar-refractivity contribution in [2.75, 3.05) is 38.0 Å². The molecule has 32 heavy (non-hydrogen) atoms. The molecular weight excluding hydrogens is 436 g/mol. The third kappa shape index (κ3) is 9.92. The van der Waals surface area contributed by atoms with E-state index >= 15 is 0 Å². The zero-order valence-corrected chi connectivity index (χ0v) is 18.7. The summed E-state index contributed by atoms with van der Waals surface area (Å²) in [5.74, 6) is -1.11. The molecule has 11 nitrogen and oxygen atoms in total. The van der Waals surface area contributed by atoms with E-state index in [-0.39, 0.29) is 23.7 Å². The van der Waals surface area contributed by atoms with Crippen LogP contribution in [0.25, 0.3) is 0 Å². The number of aliphatic imine (C=N–C) groups is 1. The molecule has 1 aliphatic rings. The lowest BCUT2D eigenvalue weighted by molar-refractivity contribution is -0.136. The fraction of sp³-hybridized carbons (Fsp3) is 0.550. The Labute approximate surface area is 192 Å². The average Bonchev–Trinajstić information content (AvgIpc) is 2.76. The van der Waals surface area contributed by atoms with Gasteiger partial charge in [-0.3, -0.25) is 19.4 Å². The van der Waals surface area contributed by atoms with E-state index in [0.29, 0.717) is 24.5 Å². The van der Waals surface area contributed by atoms with Gasteiger partial charge in [-0.15, -0.1) is 0 Å². The lowest BCUT2D eigenvalue weighted by Gasteiger charge is -2.32. The molecule has 1 aromatic rings. The molecule has 0 saturated carbocycles. The van der Waals surface area contributed by atoms with Gasteiger partial charge in [-0.25, -0.2) is 4.98 Å². The minimum absolute atomic E-state index is 0.0121. The van der Waals surface area contributed by atoms with E-state index in [2.05, 4.69) is 30.8 Å². The maximum Gasteiger partial charge on any atom is 0.314 e. The molecule has 12 heteroatoms. The first kappa shape index (κ1) is 25.3. The maximum absolute atomic E-state index is 12.1. The highest BCUT2D eigenvalue weighted by molar-refractivity contribution is 6.39. The minimum atomic E-state index is -0.761. The quantitative estimate of drug-likeness (QED) is 0.138. The number of hydrogen-bond donors (Lipinski definition) is 5. The monoisotopic (exact) mass is 466 g/mol. The zero-order chi connectivity index (χ0) is 23.3. The molecule has 1 aromatic heterocycles. The van der Waals surface area contributed by atoms with Crippen LogP contribution in [0.5, 0.6) is 0 Å². The maximum atomic E-state index is 12.1. The summed E-state index contributed by atoms with van der Waals surface area (Å²) >= 11 is 5.75. The number of nitrogens with zero attached hydrogens (tertiary/aromatic N) is 3. The Morgan fingerprint density at radius 3 is 2.56 bits per heavy atom. The van der Waals surface area contributed by atoms with Crippen molar-refractivity contribution >= 4 is 41.1 Å². The van der Waals surface area contributed by atoms with E-state index in [9.17, 15) is 14.4 Å². The van der Waals surface area contributed by atoms with Crippen molar-refractivity contribution in [3.05, 3.63) is 23.4 Å². The summed E-state index contributed by atoms with van der Waals surface area (Å²) in [6.07, 6.45) is 4.80.